The van der Waals surface area contributed by atoms with E-state index < -0.39 is 0 Å². The van der Waals surface area contributed by atoms with Crippen LogP contribution in [-0.4, -0.2) is 22.6 Å². The minimum absolute atomic E-state index is 0.274. The largest absolute Gasteiger partial charge is 0.393 e. The van der Waals surface area contributed by atoms with E-state index in [0.717, 1.165) is 0 Å². The molecule has 0 saturated heterocycles. The molecule has 0 unspecified atom stereocenters. The van der Waals surface area contributed by atoms with Crippen molar-refractivity contribution in [1.82, 2.24) is 9.97 Å². The first-order valence-corrected chi connectivity index (χ1v) is 5.09. The molecule has 0 saturated carbocycles. The van der Waals surface area contributed by atoms with Gasteiger partial charge in [-0.05, 0) is 13.8 Å². The fourth-order valence-electron chi connectivity index (χ4n) is 1.28. The Morgan fingerprint density at radius 3 is 2.80 bits per heavy atom. The highest BCUT2D eigenvalue weighted by Crippen LogP contribution is 2.26. The maximum absolute atomic E-state index is 5.83. The van der Waals surface area contributed by atoms with Crippen LogP contribution in [0.4, 0.5) is 11.5 Å². The molecule has 0 atom stereocenters. The lowest BCUT2D eigenvalue weighted by molar-refractivity contribution is 0.712. The molecular weight excluding hydrogens is 212 g/mol. The van der Waals surface area contributed by atoms with Crippen molar-refractivity contribution in [2.24, 2.45) is 0 Å². The maximum atomic E-state index is 5.83. The SMILES string of the molecule is C=CCN(c1ncnc(Cl)c1N)C(C)C. The molecule has 0 aliphatic heterocycles. The van der Waals surface area contributed by atoms with Crippen LogP contribution < -0.4 is 10.6 Å². The summed E-state index contributed by atoms with van der Waals surface area (Å²) >= 11 is 5.83. The number of hydrogen-bond acceptors (Lipinski definition) is 4. The zero-order valence-corrected chi connectivity index (χ0v) is 9.70. The molecule has 2 N–H and O–H groups in total. The quantitative estimate of drug-likeness (QED) is 0.631. The number of aromatic nitrogens is 2. The molecule has 1 aromatic heterocycles. The lowest BCUT2D eigenvalue weighted by atomic mass is 10.3. The Morgan fingerprint density at radius 2 is 2.27 bits per heavy atom. The van der Waals surface area contributed by atoms with Gasteiger partial charge in [0.25, 0.3) is 0 Å². The van der Waals surface area contributed by atoms with Crippen LogP contribution in [0.5, 0.6) is 0 Å². The van der Waals surface area contributed by atoms with Gasteiger partial charge in [0.2, 0.25) is 0 Å². The molecule has 1 heterocycles. The molecule has 4 nitrogen and oxygen atoms in total. The molecule has 0 spiro atoms. The first-order chi connectivity index (χ1) is 7.07. The summed E-state index contributed by atoms with van der Waals surface area (Å²) in [5.41, 5.74) is 6.23. The van der Waals surface area contributed by atoms with Gasteiger partial charge in [-0.1, -0.05) is 17.7 Å². The zero-order chi connectivity index (χ0) is 11.4. The van der Waals surface area contributed by atoms with Gasteiger partial charge < -0.3 is 10.6 Å². The first-order valence-electron chi connectivity index (χ1n) is 4.71. The van der Waals surface area contributed by atoms with Crippen LogP contribution in [0.2, 0.25) is 5.15 Å². The van der Waals surface area contributed by atoms with E-state index in [0.29, 0.717) is 18.1 Å². The summed E-state index contributed by atoms with van der Waals surface area (Å²) in [5, 5.41) is 0.287. The van der Waals surface area contributed by atoms with E-state index in [1.54, 1.807) is 6.08 Å². The topological polar surface area (TPSA) is 55.0 Å². The van der Waals surface area contributed by atoms with Crippen molar-refractivity contribution >= 4 is 23.1 Å². The monoisotopic (exact) mass is 226 g/mol. The van der Waals surface area contributed by atoms with Crippen molar-refractivity contribution < 1.29 is 0 Å². The van der Waals surface area contributed by atoms with Crippen LogP contribution >= 0.6 is 11.6 Å². The van der Waals surface area contributed by atoms with E-state index >= 15 is 0 Å². The molecule has 0 fully saturated rings. The van der Waals surface area contributed by atoms with Crippen molar-refractivity contribution in [2.45, 2.75) is 19.9 Å². The Balaban J connectivity index is 3.10. The second-order valence-corrected chi connectivity index (χ2v) is 3.79. The maximum Gasteiger partial charge on any atom is 0.157 e. The smallest absolute Gasteiger partial charge is 0.157 e. The molecule has 0 aliphatic rings. The Bertz CT molecular complexity index is 351. The van der Waals surface area contributed by atoms with Gasteiger partial charge in [0, 0.05) is 12.6 Å². The summed E-state index contributed by atoms with van der Waals surface area (Å²) in [5.74, 6) is 0.657. The van der Waals surface area contributed by atoms with E-state index in [-0.39, 0.29) is 11.2 Å². The molecule has 15 heavy (non-hydrogen) atoms. The van der Waals surface area contributed by atoms with Gasteiger partial charge in [-0.3, -0.25) is 0 Å². The fraction of sp³-hybridized carbons (Fsp3) is 0.400. The minimum atomic E-state index is 0.274. The van der Waals surface area contributed by atoms with E-state index in [2.05, 4.69) is 30.4 Å². The summed E-state index contributed by atoms with van der Waals surface area (Å²) in [4.78, 5) is 9.96. The fourth-order valence-corrected chi connectivity index (χ4v) is 1.40. The predicted octanol–water partition coefficient (Wildman–Crippen LogP) is 2.11. The Morgan fingerprint density at radius 1 is 1.60 bits per heavy atom. The third kappa shape index (κ3) is 2.59. The summed E-state index contributed by atoms with van der Waals surface area (Å²) in [6, 6.07) is 0.274. The van der Waals surface area contributed by atoms with E-state index in [4.69, 9.17) is 17.3 Å². The van der Waals surface area contributed by atoms with Crippen LogP contribution in [0.1, 0.15) is 13.8 Å². The lowest BCUT2D eigenvalue weighted by Gasteiger charge is -2.27. The molecule has 0 radical (unpaired) electrons. The third-order valence-corrected chi connectivity index (χ3v) is 2.34. The predicted molar refractivity (Wildman–Crippen MR) is 64.1 cm³/mol. The molecule has 0 bridgehead atoms. The summed E-state index contributed by atoms with van der Waals surface area (Å²) < 4.78 is 0. The van der Waals surface area contributed by atoms with Crippen LogP contribution in [0.3, 0.4) is 0 Å². The summed E-state index contributed by atoms with van der Waals surface area (Å²) in [6.07, 6.45) is 3.21. The third-order valence-electron chi connectivity index (χ3n) is 2.04. The number of rotatable bonds is 4. The number of anilines is 2. The van der Waals surface area contributed by atoms with Crippen molar-refractivity contribution in [2.75, 3.05) is 17.2 Å². The molecular formula is C10H15ClN4. The van der Waals surface area contributed by atoms with Gasteiger partial charge in [0.1, 0.15) is 12.0 Å². The number of nitrogen functional groups attached to an aromatic ring is 1. The summed E-state index contributed by atoms with van der Waals surface area (Å²) in [6.45, 7) is 8.49. The molecule has 0 aromatic carbocycles. The number of halogens is 1. The zero-order valence-electron chi connectivity index (χ0n) is 8.94. The van der Waals surface area contributed by atoms with E-state index in [9.17, 15) is 0 Å². The van der Waals surface area contributed by atoms with Crippen molar-refractivity contribution in [3.05, 3.63) is 24.1 Å². The van der Waals surface area contributed by atoms with Crippen molar-refractivity contribution in [3.63, 3.8) is 0 Å². The lowest BCUT2D eigenvalue weighted by Crippen LogP contribution is -2.32. The molecule has 0 aliphatic carbocycles. The van der Waals surface area contributed by atoms with Crippen LogP contribution in [0.25, 0.3) is 0 Å². The van der Waals surface area contributed by atoms with E-state index in [1.165, 1.54) is 6.33 Å². The standard InChI is InChI=1S/C10H15ClN4/c1-4-5-15(7(2)3)10-8(12)9(11)13-6-14-10/h4,6-7H,1,5,12H2,2-3H3. The Hall–Kier alpha value is -1.29. The van der Waals surface area contributed by atoms with Gasteiger partial charge in [0.05, 0.1) is 0 Å². The molecule has 1 rings (SSSR count). The number of nitrogens with zero attached hydrogens (tertiary/aromatic N) is 3. The molecule has 82 valence electrons. The highest BCUT2D eigenvalue weighted by Gasteiger charge is 2.15. The molecule has 1 aromatic rings. The summed E-state index contributed by atoms with van der Waals surface area (Å²) in [7, 11) is 0. The van der Waals surface area contributed by atoms with Gasteiger partial charge in [0.15, 0.2) is 11.0 Å². The molecule has 0 amide bonds. The van der Waals surface area contributed by atoms with E-state index in [1.807, 2.05) is 4.90 Å². The Kier molecular flexibility index (Phi) is 3.91. The van der Waals surface area contributed by atoms with Crippen molar-refractivity contribution in [3.8, 4) is 0 Å². The van der Waals surface area contributed by atoms with Crippen LogP contribution in [-0.2, 0) is 0 Å². The second-order valence-electron chi connectivity index (χ2n) is 3.44. The average Bonchev–Trinajstić information content (AvgIpc) is 2.19. The van der Waals surface area contributed by atoms with Crippen LogP contribution in [0.15, 0.2) is 19.0 Å². The van der Waals surface area contributed by atoms with Crippen molar-refractivity contribution in [1.29, 1.82) is 0 Å². The highest BCUT2D eigenvalue weighted by molar-refractivity contribution is 6.32. The number of hydrogen-bond donors (Lipinski definition) is 1. The normalized spacial score (nSPS) is 10.4. The van der Waals surface area contributed by atoms with Gasteiger partial charge in [-0.15, -0.1) is 6.58 Å². The van der Waals surface area contributed by atoms with Gasteiger partial charge in [-0.25, -0.2) is 9.97 Å². The van der Waals surface area contributed by atoms with Gasteiger partial charge in [-0.2, -0.15) is 0 Å². The van der Waals surface area contributed by atoms with Crippen LogP contribution in [0, 0.1) is 0 Å². The molecule has 5 heteroatoms. The second kappa shape index (κ2) is 4.98. The number of nitrogens with two attached hydrogens (primary N) is 1. The average molecular weight is 227 g/mol. The highest BCUT2D eigenvalue weighted by atomic mass is 35.5. The Labute approximate surface area is 94.8 Å². The first kappa shape index (κ1) is 11.8. The van der Waals surface area contributed by atoms with Gasteiger partial charge >= 0.3 is 0 Å². The minimum Gasteiger partial charge on any atom is -0.393 e.